The van der Waals surface area contributed by atoms with E-state index in [9.17, 15) is 4.79 Å². The van der Waals surface area contributed by atoms with Gasteiger partial charge < -0.3 is 14.8 Å². The smallest absolute Gasteiger partial charge is 0.249 e. The molecule has 1 aromatic rings. The summed E-state index contributed by atoms with van der Waals surface area (Å²) in [5.41, 5.74) is 2.54. The Hall–Kier alpha value is -1.55. The van der Waals surface area contributed by atoms with E-state index in [1.807, 2.05) is 6.07 Å². The first kappa shape index (κ1) is 13.4. The van der Waals surface area contributed by atoms with Crippen molar-refractivity contribution in [2.75, 3.05) is 19.8 Å². The molecule has 1 aromatic carbocycles. The van der Waals surface area contributed by atoms with Crippen molar-refractivity contribution in [2.24, 2.45) is 0 Å². The molecular formula is C16H21NO3. The molecule has 0 saturated carbocycles. The van der Waals surface area contributed by atoms with Gasteiger partial charge in [0.05, 0.1) is 6.61 Å². The van der Waals surface area contributed by atoms with Crippen molar-refractivity contribution < 1.29 is 14.3 Å². The van der Waals surface area contributed by atoms with E-state index in [2.05, 4.69) is 17.4 Å². The summed E-state index contributed by atoms with van der Waals surface area (Å²) in [5.74, 6) is 1.05. The molecule has 2 aliphatic rings. The highest BCUT2D eigenvalue weighted by molar-refractivity contribution is 5.80. The topological polar surface area (TPSA) is 47.6 Å². The molecule has 0 aliphatic carbocycles. The molecule has 4 nitrogen and oxygen atoms in total. The second-order valence-corrected chi connectivity index (χ2v) is 5.44. The minimum absolute atomic E-state index is 0.0313. The maximum atomic E-state index is 11.8. The molecule has 0 bridgehead atoms. The van der Waals surface area contributed by atoms with Crippen LogP contribution in [0.4, 0.5) is 0 Å². The van der Waals surface area contributed by atoms with Crippen molar-refractivity contribution in [2.45, 2.75) is 38.2 Å². The molecule has 1 saturated heterocycles. The molecule has 1 unspecified atom stereocenters. The highest BCUT2D eigenvalue weighted by Crippen LogP contribution is 2.25. The van der Waals surface area contributed by atoms with Crippen molar-refractivity contribution in [1.29, 1.82) is 0 Å². The maximum absolute atomic E-state index is 11.8. The molecule has 4 heteroatoms. The molecule has 3 rings (SSSR count). The molecule has 1 N–H and O–H groups in total. The van der Waals surface area contributed by atoms with E-state index in [4.69, 9.17) is 9.47 Å². The zero-order valence-electron chi connectivity index (χ0n) is 11.7. The first-order valence-electron chi connectivity index (χ1n) is 7.47. The van der Waals surface area contributed by atoms with Crippen LogP contribution in [0.3, 0.4) is 0 Å². The van der Waals surface area contributed by atoms with Gasteiger partial charge >= 0.3 is 0 Å². The molecule has 2 aliphatic heterocycles. The van der Waals surface area contributed by atoms with Gasteiger partial charge in [0.2, 0.25) is 5.91 Å². The SMILES string of the molecule is O=C(NCCc1ccc2c(c1)CCCO2)C1CCCO1. The van der Waals surface area contributed by atoms with Crippen LogP contribution in [0.2, 0.25) is 0 Å². The first-order valence-corrected chi connectivity index (χ1v) is 7.47. The number of hydrogen-bond donors (Lipinski definition) is 1. The zero-order valence-corrected chi connectivity index (χ0v) is 11.7. The first-order chi connectivity index (χ1) is 9.83. The Morgan fingerprint density at radius 1 is 1.30 bits per heavy atom. The predicted octanol–water partition coefficient (Wildman–Crippen LogP) is 1.85. The van der Waals surface area contributed by atoms with E-state index in [0.29, 0.717) is 13.2 Å². The number of rotatable bonds is 4. The normalized spacial score (nSPS) is 21.1. The highest BCUT2D eigenvalue weighted by Gasteiger charge is 2.22. The number of carbonyl (C=O) groups is 1. The predicted molar refractivity (Wildman–Crippen MR) is 75.9 cm³/mol. The summed E-state index contributed by atoms with van der Waals surface area (Å²) < 4.78 is 11.0. The quantitative estimate of drug-likeness (QED) is 0.912. The summed E-state index contributed by atoms with van der Waals surface area (Å²) in [4.78, 5) is 11.8. The van der Waals surface area contributed by atoms with E-state index >= 15 is 0 Å². The maximum Gasteiger partial charge on any atom is 0.249 e. The van der Waals surface area contributed by atoms with Crippen molar-refractivity contribution in [1.82, 2.24) is 5.32 Å². The van der Waals surface area contributed by atoms with Crippen LogP contribution in [-0.2, 0) is 22.4 Å². The molecule has 2 heterocycles. The van der Waals surface area contributed by atoms with Crippen LogP contribution in [0.5, 0.6) is 5.75 Å². The monoisotopic (exact) mass is 275 g/mol. The minimum atomic E-state index is -0.230. The fourth-order valence-corrected chi connectivity index (χ4v) is 2.80. The van der Waals surface area contributed by atoms with Gasteiger partial charge in [-0.3, -0.25) is 4.79 Å². The fourth-order valence-electron chi connectivity index (χ4n) is 2.80. The van der Waals surface area contributed by atoms with Crippen molar-refractivity contribution in [3.8, 4) is 5.75 Å². The zero-order chi connectivity index (χ0) is 13.8. The summed E-state index contributed by atoms with van der Waals surface area (Å²) in [6.45, 7) is 2.20. The lowest BCUT2D eigenvalue weighted by atomic mass is 10.0. The minimum Gasteiger partial charge on any atom is -0.493 e. The number of fused-ring (bicyclic) bond motifs is 1. The Morgan fingerprint density at radius 2 is 2.25 bits per heavy atom. The van der Waals surface area contributed by atoms with Gasteiger partial charge in [0.1, 0.15) is 11.9 Å². The van der Waals surface area contributed by atoms with Gasteiger partial charge in [0.15, 0.2) is 0 Å². The van der Waals surface area contributed by atoms with Crippen LogP contribution in [-0.4, -0.2) is 31.8 Å². The number of ether oxygens (including phenoxy) is 2. The third-order valence-corrected chi connectivity index (χ3v) is 3.91. The molecule has 20 heavy (non-hydrogen) atoms. The number of hydrogen-bond acceptors (Lipinski definition) is 3. The third-order valence-electron chi connectivity index (χ3n) is 3.91. The Balaban J connectivity index is 1.49. The van der Waals surface area contributed by atoms with Gasteiger partial charge in [-0.1, -0.05) is 12.1 Å². The average molecular weight is 275 g/mol. The number of benzene rings is 1. The van der Waals surface area contributed by atoms with Gasteiger partial charge in [-0.2, -0.15) is 0 Å². The van der Waals surface area contributed by atoms with Crippen LogP contribution in [0.1, 0.15) is 30.4 Å². The fraction of sp³-hybridized carbons (Fsp3) is 0.562. The Kier molecular flexibility index (Phi) is 4.21. The number of aryl methyl sites for hydroxylation is 1. The Labute approximate surface area is 119 Å². The van der Waals surface area contributed by atoms with Crippen LogP contribution < -0.4 is 10.1 Å². The van der Waals surface area contributed by atoms with Gasteiger partial charge in [-0.05, 0) is 49.3 Å². The second-order valence-electron chi connectivity index (χ2n) is 5.44. The summed E-state index contributed by atoms with van der Waals surface area (Å²) in [6.07, 6.45) is 4.64. The van der Waals surface area contributed by atoms with Crippen LogP contribution >= 0.6 is 0 Å². The molecule has 0 aromatic heterocycles. The van der Waals surface area contributed by atoms with Gasteiger partial charge in [-0.15, -0.1) is 0 Å². The number of carbonyl (C=O) groups excluding carboxylic acids is 1. The van der Waals surface area contributed by atoms with Gasteiger partial charge in [0, 0.05) is 13.2 Å². The third kappa shape index (κ3) is 3.12. The molecular weight excluding hydrogens is 254 g/mol. The average Bonchev–Trinajstić information content (AvgIpc) is 3.01. The Morgan fingerprint density at radius 3 is 3.10 bits per heavy atom. The second kappa shape index (κ2) is 6.27. The van der Waals surface area contributed by atoms with E-state index in [-0.39, 0.29) is 12.0 Å². The molecule has 1 atom stereocenters. The van der Waals surface area contributed by atoms with E-state index in [1.165, 1.54) is 11.1 Å². The summed E-state index contributed by atoms with van der Waals surface area (Å²) in [5, 5.41) is 2.96. The number of amides is 1. The summed E-state index contributed by atoms with van der Waals surface area (Å²) in [6, 6.07) is 6.33. The van der Waals surface area contributed by atoms with Crippen molar-refractivity contribution in [3.63, 3.8) is 0 Å². The summed E-state index contributed by atoms with van der Waals surface area (Å²) >= 11 is 0. The Bertz CT molecular complexity index is 481. The summed E-state index contributed by atoms with van der Waals surface area (Å²) in [7, 11) is 0. The van der Waals surface area contributed by atoms with Gasteiger partial charge in [0.25, 0.3) is 0 Å². The molecule has 0 radical (unpaired) electrons. The van der Waals surface area contributed by atoms with E-state index < -0.39 is 0 Å². The lowest BCUT2D eigenvalue weighted by Gasteiger charge is -2.18. The molecule has 0 spiro atoms. The van der Waals surface area contributed by atoms with Crippen LogP contribution in [0.15, 0.2) is 18.2 Å². The standard InChI is InChI=1S/C16H21NO3/c18-16(15-4-2-10-20-15)17-8-7-12-5-6-14-13(11-12)3-1-9-19-14/h5-6,11,15H,1-4,7-10H2,(H,17,18). The van der Waals surface area contributed by atoms with E-state index in [0.717, 1.165) is 44.5 Å². The molecule has 1 fully saturated rings. The van der Waals surface area contributed by atoms with Crippen LogP contribution in [0, 0.1) is 0 Å². The van der Waals surface area contributed by atoms with Crippen LogP contribution in [0.25, 0.3) is 0 Å². The lowest BCUT2D eigenvalue weighted by molar-refractivity contribution is -0.129. The largest absolute Gasteiger partial charge is 0.493 e. The van der Waals surface area contributed by atoms with Crippen molar-refractivity contribution >= 4 is 5.91 Å². The molecule has 1 amide bonds. The molecule has 108 valence electrons. The van der Waals surface area contributed by atoms with Crippen molar-refractivity contribution in [3.05, 3.63) is 29.3 Å². The highest BCUT2D eigenvalue weighted by atomic mass is 16.5. The number of nitrogens with one attached hydrogen (secondary N) is 1. The lowest BCUT2D eigenvalue weighted by Crippen LogP contribution is -2.35. The van der Waals surface area contributed by atoms with E-state index in [1.54, 1.807) is 0 Å². The van der Waals surface area contributed by atoms with Gasteiger partial charge in [-0.25, -0.2) is 0 Å².